The van der Waals surface area contributed by atoms with Gasteiger partial charge in [0, 0.05) is 28.7 Å². The number of amides is 1. The second kappa shape index (κ2) is 5.96. The van der Waals surface area contributed by atoms with Crippen LogP contribution in [-0.2, 0) is 4.79 Å². The lowest BCUT2D eigenvalue weighted by molar-refractivity contribution is -0.389. The molecule has 0 saturated carbocycles. The highest BCUT2D eigenvalue weighted by Gasteiger charge is 2.34. The third-order valence-corrected chi connectivity index (χ3v) is 4.11. The maximum absolute atomic E-state index is 12.7. The summed E-state index contributed by atoms with van der Waals surface area (Å²) in [6.07, 6.45) is 1.58. The molecule has 0 bridgehead atoms. The number of Topliss-reactive ketones (excluding diaryl/α,β-unsaturated/α-hetero) is 1. The van der Waals surface area contributed by atoms with Crippen LogP contribution in [0.15, 0.2) is 42.6 Å². The Morgan fingerprint density at radius 1 is 1.31 bits per heavy atom. The molecule has 0 spiro atoms. The van der Waals surface area contributed by atoms with Crippen LogP contribution in [0.5, 0.6) is 5.75 Å². The zero-order chi connectivity index (χ0) is 18.3. The van der Waals surface area contributed by atoms with E-state index >= 15 is 0 Å². The SMILES string of the molecule is O=C(CN1C(=O)COc2ccc([N+](=O)[O-])nc21)c1c[nH]c2ccccc12. The number of fused-ring (bicyclic) bond motifs is 2. The quantitative estimate of drug-likeness (QED) is 0.436. The van der Waals surface area contributed by atoms with Crippen molar-refractivity contribution >= 4 is 34.2 Å². The van der Waals surface area contributed by atoms with Gasteiger partial charge in [-0.2, -0.15) is 0 Å². The Bertz CT molecular complexity index is 1060. The summed E-state index contributed by atoms with van der Waals surface area (Å²) in [5.41, 5.74) is 1.24. The summed E-state index contributed by atoms with van der Waals surface area (Å²) >= 11 is 0. The first-order valence-electron chi connectivity index (χ1n) is 7.72. The van der Waals surface area contributed by atoms with Crippen molar-refractivity contribution in [1.29, 1.82) is 0 Å². The average Bonchev–Trinajstić information content (AvgIpc) is 3.07. The summed E-state index contributed by atoms with van der Waals surface area (Å²) in [6.45, 7) is -0.543. The minimum absolute atomic E-state index is 0.0244. The maximum Gasteiger partial charge on any atom is 0.366 e. The van der Waals surface area contributed by atoms with E-state index in [4.69, 9.17) is 4.74 Å². The Balaban J connectivity index is 1.70. The van der Waals surface area contributed by atoms with Gasteiger partial charge in [-0.05, 0) is 22.0 Å². The van der Waals surface area contributed by atoms with Crippen LogP contribution in [0.25, 0.3) is 10.9 Å². The topological polar surface area (TPSA) is 118 Å². The molecule has 1 aliphatic heterocycles. The summed E-state index contributed by atoms with van der Waals surface area (Å²) in [5.74, 6) is -1.02. The molecule has 0 atom stereocenters. The van der Waals surface area contributed by atoms with E-state index in [0.717, 1.165) is 15.8 Å². The van der Waals surface area contributed by atoms with Crippen molar-refractivity contribution in [2.45, 2.75) is 0 Å². The summed E-state index contributed by atoms with van der Waals surface area (Å²) in [5, 5.41) is 11.7. The minimum atomic E-state index is -0.668. The lowest BCUT2D eigenvalue weighted by atomic mass is 10.1. The monoisotopic (exact) mass is 352 g/mol. The van der Waals surface area contributed by atoms with E-state index in [1.165, 1.54) is 12.1 Å². The van der Waals surface area contributed by atoms with Crippen molar-refractivity contribution in [2.75, 3.05) is 18.1 Å². The third kappa shape index (κ3) is 2.55. The van der Waals surface area contributed by atoms with Gasteiger partial charge in [0.15, 0.2) is 18.1 Å². The highest BCUT2D eigenvalue weighted by Crippen LogP contribution is 2.32. The van der Waals surface area contributed by atoms with Gasteiger partial charge in [0.05, 0.1) is 6.54 Å². The Kier molecular flexibility index (Phi) is 3.61. The number of carbonyl (C=O) groups is 2. The first-order valence-corrected chi connectivity index (χ1v) is 7.72. The highest BCUT2D eigenvalue weighted by atomic mass is 16.6. The maximum atomic E-state index is 12.7. The van der Waals surface area contributed by atoms with Crippen LogP contribution >= 0.6 is 0 Å². The molecule has 0 saturated heterocycles. The number of benzene rings is 1. The Morgan fingerprint density at radius 3 is 2.92 bits per heavy atom. The van der Waals surface area contributed by atoms with Gasteiger partial charge in [-0.3, -0.25) is 14.5 Å². The molecule has 0 unspecified atom stereocenters. The van der Waals surface area contributed by atoms with Crippen LogP contribution in [0.2, 0.25) is 0 Å². The van der Waals surface area contributed by atoms with Crippen LogP contribution in [0.1, 0.15) is 10.4 Å². The third-order valence-electron chi connectivity index (χ3n) is 4.11. The second-order valence-corrected chi connectivity index (χ2v) is 5.69. The number of nitrogens with zero attached hydrogens (tertiary/aromatic N) is 3. The number of H-pyrrole nitrogens is 1. The van der Waals surface area contributed by atoms with E-state index in [0.29, 0.717) is 5.56 Å². The number of ether oxygens (including phenoxy) is 1. The van der Waals surface area contributed by atoms with Gasteiger partial charge >= 0.3 is 5.82 Å². The minimum Gasteiger partial charge on any atom is -0.477 e. The molecule has 130 valence electrons. The van der Waals surface area contributed by atoms with E-state index in [-0.39, 0.29) is 30.5 Å². The van der Waals surface area contributed by atoms with Gasteiger partial charge in [0.1, 0.15) is 0 Å². The molecule has 26 heavy (non-hydrogen) atoms. The Morgan fingerprint density at radius 2 is 2.12 bits per heavy atom. The number of nitrogens with one attached hydrogen (secondary N) is 1. The standard InChI is InChI=1S/C17H12N4O5/c22-13(11-7-18-12-4-2-1-3-10(11)12)8-20-16(23)9-26-14-5-6-15(21(24)25)19-17(14)20/h1-7,18H,8-9H2. The molecule has 1 amide bonds. The van der Waals surface area contributed by atoms with E-state index in [1.807, 2.05) is 18.2 Å². The van der Waals surface area contributed by atoms with Gasteiger partial charge in [0.2, 0.25) is 0 Å². The van der Waals surface area contributed by atoms with E-state index in [1.54, 1.807) is 12.3 Å². The summed E-state index contributed by atoms with van der Waals surface area (Å²) in [7, 11) is 0. The predicted octanol–water partition coefficient (Wildman–Crippen LogP) is 2.08. The molecule has 2 aromatic heterocycles. The molecule has 0 fully saturated rings. The Labute approximate surface area is 146 Å². The molecule has 4 rings (SSSR count). The molecule has 9 nitrogen and oxygen atoms in total. The van der Waals surface area contributed by atoms with Crippen LogP contribution < -0.4 is 9.64 Å². The number of rotatable bonds is 4. The number of aromatic amines is 1. The van der Waals surface area contributed by atoms with Crippen LogP contribution in [0, 0.1) is 10.1 Å². The number of aromatic nitrogens is 2. The first-order chi connectivity index (χ1) is 12.5. The van der Waals surface area contributed by atoms with E-state index in [2.05, 4.69) is 9.97 Å². The summed E-state index contributed by atoms with van der Waals surface area (Å²) < 4.78 is 5.25. The normalized spacial score (nSPS) is 13.4. The number of para-hydroxylation sites is 1. The lowest BCUT2D eigenvalue weighted by Gasteiger charge is -2.24. The smallest absolute Gasteiger partial charge is 0.366 e. The molecular weight excluding hydrogens is 340 g/mol. The Hall–Kier alpha value is -3.75. The van der Waals surface area contributed by atoms with Crippen molar-refractivity contribution in [2.24, 2.45) is 0 Å². The largest absolute Gasteiger partial charge is 0.477 e. The van der Waals surface area contributed by atoms with E-state index < -0.39 is 16.6 Å². The number of hydrogen-bond acceptors (Lipinski definition) is 6. The first kappa shape index (κ1) is 15.8. The van der Waals surface area contributed by atoms with Gasteiger partial charge in [-0.15, -0.1) is 0 Å². The fourth-order valence-corrected chi connectivity index (χ4v) is 2.86. The summed E-state index contributed by atoms with van der Waals surface area (Å²) in [6, 6.07) is 9.86. The highest BCUT2D eigenvalue weighted by molar-refractivity contribution is 6.12. The number of hydrogen-bond donors (Lipinski definition) is 1. The number of ketones is 1. The fourth-order valence-electron chi connectivity index (χ4n) is 2.86. The average molecular weight is 352 g/mol. The predicted molar refractivity (Wildman–Crippen MR) is 91.4 cm³/mol. The molecule has 0 radical (unpaired) electrons. The molecule has 1 N–H and O–H groups in total. The molecule has 0 aliphatic carbocycles. The summed E-state index contributed by atoms with van der Waals surface area (Å²) in [4.78, 5) is 43.3. The van der Waals surface area contributed by atoms with Crippen molar-refractivity contribution < 1.29 is 19.2 Å². The number of anilines is 1. The van der Waals surface area contributed by atoms with Crippen molar-refractivity contribution in [3.63, 3.8) is 0 Å². The lowest BCUT2D eigenvalue weighted by Crippen LogP contribution is -2.42. The molecule has 3 aromatic rings. The van der Waals surface area contributed by atoms with Gasteiger partial charge in [0.25, 0.3) is 11.7 Å². The number of nitro groups is 1. The second-order valence-electron chi connectivity index (χ2n) is 5.69. The van der Waals surface area contributed by atoms with Crippen molar-refractivity contribution in [3.8, 4) is 5.75 Å². The van der Waals surface area contributed by atoms with Gasteiger partial charge < -0.3 is 19.8 Å². The van der Waals surface area contributed by atoms with Crippen molar-refractivity contribution in [3.05, 3.63) is 58.3 Å². The fraction of sp³-hybridized carbons (Fsp3) is 0.118. The number of carbonyl (C=O) groups excluding carboxylic acids is 2. The molecule has 1 aliphatic rings. The number of pyridine rings is 1. The molecular formula is C17H12N4O5. The molecule has 9 heteroatoms. The molecule has 1 aromatic carbocycles. The van der Waals surface area contributed by atoms with Crippen molar-refractivity contribution in [1.82, 2.24) is 9.97 Å². The molecule has 3 heterocycles. The zero-order valence-corrected chi connectivity index (χ0v) is 13.3. The zero-order valence-electron chi connectivity index (χ0n) is 13.3. The van der Waals surface area contributed by atoms with Crippen LogP contribution in [0.4, 0.5) is 11.6 Å². The van der Waals surface area contributed by atoms with Gasteiger partial charge in [-0.1, -0.05) is 18.2 Å². The van der Waals surface area contributed by atoms with Crippen LogP contribution in [-0.4, -0.2) is 39.7 Å². The van der Waals surface area contributed by atoms with Crippen LogP contribution in [0.3, 0.4) is 0 Å². The van der Waals surface area contributed by atoms with E-state index in [9.17, 15) is 19.7 Å². The van der Waals surface area contributed by atoms with Gasteiger partial charge in [-0.25, -0.2) is 0 Å².